The minimum absolute atomic E-state index is 0.0662. The molecule has 0 aromatic rings. The molecule has 0 amide bonds. The van der Waals surface area contributed by atoms with Crippen molar-refractivity contribution in [1.29, 1.82) is 0 Å². The summed E-state index contributed by atoms with van der Waals surface area (Å²) in [6, 6.07) is 0. The van der Waals surface area contributed by atoms with Crippen molar-refractivity contribution in [3.8, 4) is 0 Å². The number of nitrogens with zero attached hydrogens (tertiary/aromatic N) is 2. The molecule has 1 saturated heterocycles. The molecule has 0 aromatic carbocycles. The molecule has 0 aliphatic carbocycles. The molecule has 1 heterocycles. The van der Waals surface area contributed by atoms with Crippen LogP contribution in [0, 0.1) is 0 Å². The Labute approximate surface area is 79.5 Å². The number of likely N-dealkylation sites (N-methyl/N-ethyl adjacent to an activating group) is 1. The van der Waals surface area contributed by atoms with E-state index in [2.05, 4.69) is 4.90 Å². The van der Waals surface area contributed by atoms with E-state index < -0.39 is 10.0 Å². The van der Waals surface area contributed by atoms with Crippen LogP contribution in [-0.2, 0) is 10.0 Å². The molecule has 1 aliphatic rings. The van der Waals surface area contributed by atoms with E-state index >= 15 is 0 Å². The molecule has 0 saturated carbocycles. The Morgan fingerprint density at radius 2 is 1.77 bits per heavy atom. The number of hydrogen-bond donors (Lipinski definition) is 1. The van der Waals surface area contributed by atoms with Gasteiger partial charge in [-0.15, -0.1) is 0 Å². The Hall–Kier alpha value is -0.170. The van der Waals surface area contributed by atoms with E-state index in [1.807, 2.05) is 7.05 Å². The van der Waals surface area contributed by atoms with Gasteiger partial charge in [-0.3, -0.25) is 0 Å². The van der Waals surface area contributed by atoms with Gasteiger partial charge >= 0.3 is 0 Å². The minimum Gasteiger partial charge on any atom is -0.329 e. The second-order valence-corrected chi connectivity index (χ2v) is 5.40. The van der Waals surface area contributed by atoms with Gasteiger partial charge in [0.2, 0.25) is 10.0 Å². The van der Waals surface area contributed by atoms with Crippen molar-refractivity contribution < 1.29 is 8.42 Å². The lowest BCUT2D eigenvalue weighted by atomic mass is 10.4. The van der Waals surface area contributed by atoms with Crippen LogP contribution in [0.3, 0.4) is 0 Å². The highest BCUT2D eigenvalue weighted by molar-refractivity contribution is 7.89. The molecule has 13 heavy (non-hydrogen) atoms. The molecular weight excluding hydrogens is 190 g/mol. The highest BCUT2D eigenvalue weighted by Crippen LogP contribution is 2.05. The van der Waals surface area contributed by atoms with Crippen LogP contribution in [-0.4, -0.2) is 63.1 Å². The van der Waals surface area contributed by atoms with Crippen molar-refractivity contribution in [2.24, 2.45) is 5.73 Å². The average molecular weight is 207 g/mol. The fourth-order valence-electron chi connectivity index (χ4n) is 1.34. The number of hydrogen-bond acceptors (Lipinski definition) is 4. The molecule has 0 spiro atoms. The molecule has 6 heteroatoms. The molecule has 0 radical (unpaired) electrons. The van der Waals surface area contributed by atoms with Crippen molar-refractivity contribution in [1.82, 2.24) is 9.21 Å². The summed E-state index contributed by atoms with van der Waals surface area (Å²) < 4.78 is 24.6. The van der Waals surface area contributed by atoms with Gasteiger partial charge in [-0.1, -0.05) is 0 Å². The second kappa shape index (κ2) is 4.36. The van der Waals surface area contributed by atoms with Gasteiger partial charge in [0, 0.05) is 32.7 Å². The minimum atomic E-state index is -3.08. The predicted molar refractivity (Wildman–Crippen MR) is 51.9 cm³/mol. The van der Waals surface area contributed by atoms with Gasteiger partial charge in [0.1, 0.15) is 0 Å². The summed E-state index contributed by atoms with van der Waals surface area (Å²) >= 11 is 0. The van der Waals surface area contributed by atoms with E-state index in [4.69, 9.17) is 5.73 Å². The first-order chi connectivity index (χ1) is 6.06. The maximum Gasteiger partial charge on any atom is 0.215 e. The standard InChI is InChI=1S/C7H17N3O2S/c1-9-3-5-10(6-4-9)13(11,12)7-2-8/h2-8H2,1H3. The Balaban J connectivity index is 2.53. The van der Waals surface area contributed by atoms with Gasteiger partial charge in [0.05, 0.1) is 5.75 Å². The van der Waals surface area contributed by atoms with E-state index in [1.165, 1.54) is 4.31 Å². The van der Waals surface area contributed by atoms with Crippen molar-refractivity contribution in [2.75, 3.05) is 45.5 Å². The molecule has 1 fully saturated rings. The number of piperazine rings is 1. The van der Waals surface area contributed by atoms with Crippen molar-refractivity contribution in [3.05, 3.63) is 0 Å². The summed E-state index contributed by atoms with van der Waals surface area (Å²) in [6.45, 7) is 3.01. The van der Waals surface area contributed by atoms with Gasteiger partial charge in [0.15, 0.2) is 0 Å². The van der Waals surface area contributed by atoms with Crippen LogP contribution >= 0.6 is 0 Å². The third-order valence-corrected chi connectivity index (χ3v) is 4.13. The fraction of sp³-hybridized carbons (Fsp3) is 1.00. The van der Waals surface area contributed by atoms with Crippen LogP contribution in [0.2, 0.25) is 0 Å². The summed E-state index contributed by atoms with van der Waals surface area (Å²) in [6.07, 6.45) is 0. The Morgan fingerprint density at radius 1 is 1.23 bits per heavy atom. The Bertz CT molecular complexity index is 244. The number of sulfonamides is 1. The summed E-state index contributed by atoms with van der Waals surface area (Å²) in [4.78, 5) is 2.12. The third-order valence-electron chi connectivity index (χ3n) is 2.23. The number of rotatable bonds is 3. The van der Waals surface area contributed by atoms with Crippen LogP contribution in [0.5, 0.6) is 0 Å². The first kappa shape index (κ1) is 10.9. The SMILES string of the molecule is CN1CCN(S(=O)(=O)CCN)CC1. The van der Waals surface area contributed by atoms with Crippen LogP contribution < -0.4 is 5.73 Å². The lowest BCUT2D eigenvalue weighted by molar-refractivity contribution is 0.222. The predicted octanol–water partition coefficient (Wildman–Crippen LogP) is -1.48. The zero-order chi connectivity index (χ0) is 9.90. The lowest BCUT2D eigenvalue weighted by Gasteiger charge is -2.31. The molecule has 78 valence electrons. The first-order valence-electron chi connectivity index (χ1n) is 4.42. The molecule has 2 N–H and O–H groups in total. The van der Waals surface area contributed by atoms with E-state index in [1.54, 1.807) is 0 Å². The third kappa shape index (κ3) is 2.91. The summed E-state index contributed by atoms with van der Waals surface area (Å²) in [5, 5.41) is 0. The van der Waals surface area contributed by atoms with Crippen LogP contribution in [0.15, 0.2) is 0 Å². The topological polar surface area (TPSA) is 66.6 Å². The summed E-state index contributed by atoms with van der Waals surface area (Å²) in [5.74, 6) is 0.0662. The van der Waals surface area contributed by atoms with Crippen molar-refractivity contribution in [2.45, 2.75) is 0 Å². The lowest BCUT2D eigenvalue weighted by Crippen LogP contribution is -2.48. The molecule has 5 nitrogen and oxygen atoms in total. The zero-order valence-electron chi connectivity index (χ0n) is 7.94. The van der Waals surface area contributed by atoms with Gasteiger partial charge in [0.25, 0.3) is 0 Å². The van der Waals surface area contributed by atoms with Crippen LogP contribution in [0.1, 0.15) is 0 Å². The molecule has 0 atom stereocenters. The van der Waals surface area contributed by atoms with Crippen molar-refractivity contribution in [3.63, 3.8) is 0 Å². The molecular formula is C7H17N3O2S. The van der Waals surface area contributed by atoms with Gasteiger partial charge in [-0.2, -0.15) is 4.31 Å². The normalized spacial score (nSPS) is 22.0. The van der Waals surface area contributed by atoms with E-state index in [-0.39, 0.29) is 12.3 Å². The quantitative estimate of drug-likeness (QED) is 0.613. The van der Waals surface area contributed by atoms with E-state index in [0.29, 0.717) is 13.1 Å². The summed E-state index contributed by atoms with van der Waals surface area (Å²) in [7, 11) is -1.08. The molecule has 1 rings (SSSR count). The first-order valence-corrected chi connectivity index (χ1v) is 6.03. The molecule has 0 bridgehead atoms. The smallest absolute Gasteiger partial charge is 0.215 e. The highest BCUT2D eigenvalue weighted by atomic mass is 32.2. The van der Waals surface area contributed by atoms with Crippen molar-refractivity contribution >= 4 is 10.0 Å². The summed E-state index contributed by atoms with van der Waals surface area (Å²) in [5.41, 5.74) is 5.23. The van der Waals surface area contributed by atoms with E-state index in [0.717, 1.165) is 13.1 Å². The zero-order valence-corrected chi connectivity index (χ0v) is 8.76. The Kier molecular flexibility index (Phi) is 3.66. The molecule has 0 unspecified atom stereocenters. The van der Waals surface area contributed by atoms with Gasteiger partial charge < -0.3 is 10.6 Å². The van der Waals surface area contributed by atoms with Gasteiger partial charge in [-0.25, -0.2) is 8.42 Å². The highest BCUT2D eigenvalue weighted by Gasteiger charge is 2.24. The Morgan fingerprint density at radius 3 is 2.23 bits per heavy atom. The molecule has 0 aromatic heterocycles. The second-order valence-electron chi connectivity index (χ2n) is 3.31. The van der Waals surface area contributed by atoms with E-state index in [9.17, 15) is 8.42 Å². The number of nitrogens with two attached hydrogens (primary N) is 1. The van der Waals surface area contributed by atoms with Gasteiger partial charge in [-0.05, 0) is 7.05 Å². The fourth-order valence-corrected chi connectivity index (χ4v) is 2.62. The largest absolute Gasteiger partial charge is 0.329 e. The maximum atomic E-state index is 11.5. The van der Waals surface area contributed by atoms with Crippen LogP contribution in [0.25, 0.3) is 0 Å². The molecule has 1 aliphatic heterocycles. The average Bonchev–Trinajstić information content (AvgIpc) is 2.05. The maximum absolute atomic E-state index is 11.5. The van der Waals surface area contributed by atoms with Crippen LogP contribution in [0.4, 0.5) is 0 Å². The monoisotopic (exact) mass is 207 g/mol.